The number of phenolic OH excluding ortho intramolecular Hbond substituents is 1. The highest BCUT2D eigenvalue weighted by molar-refractivity contribution is 5.87. The smallest absolute Gasteiger partial charge is 0.331 e. The van der Waals surface area contributed by atoms with Gasteiger partial charge in [0.05, 0.1) is 19.3 Å². The van der Waals surface area contributed by atoms with Gasteiger partial charge in [0.2, 0.25) is 5.82 Å². The molecular weight excluding hydrogens is 376 g/mol. The first kappa shape index (κ1) is 19.9. The monoisotopic (exact) mass is 396 g/mol. The number of para-hydroxylation sites is 1. The van der Waals surface area contributed by atoms with Crippen LogP contribution in [-0.2, 0) is 16.1 Å². The summed E-state index contributed by atoms with van der Waals surface area (Å²) < 4.78 is 20.8. The van der Waals surface area contributed by atoms with Gasteiger partial charge in [0.1, 0.15) is 5.75 Å². The summed E-state index contributed by atoms with van der Waals surface area (Å²) in [4.78, 5) is 16.2. The minimum absolute atomic E-state index is 0.0188. The van der Waals surface area contributed by atoms with Gasteiger partial charge in [-0.25, -0.2) is 4.79 Å². The lowest BCUT2D eigenvalue weighted by Crippen LogP contribution is -2.01. The number of benzene rings is 2. The number of nitrogens with zero attached hydrogens (tertiary/aromatic N) is 2. The van der Waals surface area contributed by atoms with Crippen LogP contribution < -0.4 is 9.47 Å². The number of carbonyl (C=O) groups is 1. The molecule has 8 heteroatoms. The molecule has 0 unspecified atom stereocenters. The molecule has 2 aromatic carbocycles. The van der Waals surface area contributed by atoms with Crippen LogP contribution in [0.25, 0.3) is 17.5 Å². The number of ether oxygens (including phenoxy) is 3. The number of carbonyl (C=O) groups excluding carboxylic acids is 1. The molecule has 0 bridgehead atoms. The molecule has 0 saturated carbocycles. The van der Waals surface area contributed by atoms with Crippen LogP contribution in [0.15, 0.2) is 53.1 Å². The molecule has 0 aliphatic heterocycles. The van der Waals surface area contributed by atoms with E-state index in [1.54, 1.807) is 18.2 Å². The van der Waals surface area contributed by atoms with Gasteiger partial charge in [-0.15, -0.1) is 0 Å². The fraction of sp³-hybridized carbons (Fsp3) is 0.190. The largest absolute Gasteiger partial charge is 0.504 e. The van der Waals surface area contributed by atoms with Crippen LogP contribution in [0.2, 0.25) is 0 Å². The van der Waals surface area contributed by atoms with E-state index in [2.05, 4.69) is 10.1 Å². The summed E-state index contributed by atoms with van der Waals surface area (Å²) in [7, 11) is 1.45. The van der Waals surface area contributed by atoms with E-state index in [0.717, 1.165) is 0 Å². The SMILES string of the molecule is CCOc1ccccc1-c1noc(COC(=O)/C=C/c2ccc(O)c(OC)c2)n1. The predicted molar refractivity (Wildman–Crippen MR) is 104 cm³/mol. The van der Waals surface area contributed by atoms with Crippen LogP contribution in [-0.4, -0.2) is 34.9 Å². The second kappa shape index (κ2) is 9.41. The van der Waals surface area contributed by atoms with Crippen molar-refractivity contribution in [2.24, 2.45) is 0 Å². The van der Waals surface area contributed by atoms with Gasteiger partial charge in [-0.1, -0.05) is 23.4 Å². The van der Waals surface area contributed by atoms with Crippen molar-refractivity contribution in [3.05, 3.63) is 60.0 Å². The molecule has 0 saturated heterocycles. The molecule has 0 atom stereocenters. The van der Waals surface area contributed by atoms with Gasteiger partial charge >= 0.3 is 5.97 Å². The van der Waals surface area contributed by atoms with E-state index >= 15 is 0 Å². The van der Waals surface area contributed by atoms with Crippen molar-refractivity contribution < 1.29 is 28.6 Å². The number of hydrogen-bond acceptors (Lipinski definition) is 8. The van der Waals surface area contributed by atoms with Crippen molar-refractivity contribution in [1.82, 2.24) is 10.1 Å². The summed E-state index contributed by atoms with van der Waals surface area (Å²) in [6.07, 6.45) is 2.80. The molecule has 1 N–H and O–H groups in total. The summed E-state index contributed by atoms with van der Waals surface area (Å²) in [6.45, 7) is 2.24. The van der Waals surface area contributed by atoms with E-state index in [1.807, 2.05) is 31.2 Å². The zero-order valence-electron chi connectivity index (χ0n) is 16.0. The zero-order valence-corrected chi connectivity index (χ0v) is 16.0. The Hall–Kier alpha value is -3.81. The lowest BCUT2D eigenvalue weighted by Gasteiger charge is -2.05. The first-order valence-corrected chi connectivity index (χ1v) is 8.87. The van der Waals surface area contributed by atoms with E-state index in [4.69, 9.17) is 18.7 Å². The summed E-state index contributed by atoms with van der Waals surface area (Å²) >= 11 is 0. The maximum absolute atomic E-state index is 11.9. The third kappa shape index (κ3) is 5.13. The van der Waals surface area contributed by atoms with Gasteiger partial charge in [-0.3, -0.25) is 0 Å². The van der Waals surface area contributed by atoms with Crippen LogP contribution in [0.4, 0.5) is 0 Å². The molecule has 8 nitrogen and oxygen atoms in total. The first-order chi connectivity index (χ1) is 14.1. The number of aromatic nitrogens is 2. The number of methoxy groups -OCH3 is 1. The summed E-state index contributed by atoms with van der Waals surface area (Å²) in [5, 5.41) is 13.5. The van der Waals surface area contributed by atoms with E-state index in [0.29, 0.717) is 35.1 Å². The average molecular weight is 396 g/mol. The normalized spacial score (nSPS) is 10.8. The highest BCUT2D eigenvalue weighted by Gasteiger charge is 2.14. The molecule has 0 fully saturated rings. The predicted octanol–water partition coefficient (Wildman–Crippen LogP) is 3.61. The summed E-state index contributed by atoms with van der Waals surface area (Å²) in [5.74, 6) is 0.917. The fourth-order valence-corrected chi connectivity index (χ4v) is 2.50. The molecule has 0 amide bonds. The standard InChI is InChI=1S/C21H20N2O6/c1-3-27-17-7-5-4-6-15(17)21-22-19(29-23-21)13-28-20(25)11-9-14-8-10-16(24)18(12-14)26-2/h4-12,24H,3,13H2,1-2H3/b11-9+. The van der Waals surface area contributed by atoms with E-state index in [1.165, 1.54) is 19.3 Å². The molecule has 1 aromatic heterocycles. The summed E-state index contributed by atoms with van der Waals surface area (Å²) in [5.41, 5.74) is 1.36. The van der Waals surface area contributed by atoms with Crippen LogP contribution >= 0.6 is 0 Å². The van der Waals surface area contributed by atoms with E-state index in [-0.39, 0.29) is 18.2 Å². The molecule has 0 spiro atoms. The van der Waals surface area contributed by atoms with Gasteiger partial charge in [-0.05, 0) is 42.8 Å². The summed E-state index contributed by atoms with van der Waals surface area (Å²) in [6, 6.07) is 12.0. The van der Waals surface area contributed by atoms with Gasteiger partial charge in [0, 0.05) is 6.08 Å². The Morgan fingerprint density at radius 2 is 2.03 bits per heavy atom. The molecule has 0 aliphatic rings. The number of rotatable bonds is 8. The number of aromatic hydroxyl groups is 1. The molecule has 3 aromatic rings. The molecule has 29 heavy (non-hydrogen) atoms. The van der Waals surface area contributed by atoms with Crippen LogP contribution in [0.1, 0.15) is 18.4 Å². The number of hydrogen-bond donors (Lipinski definition) is 1. The minimum Gasteiger partial charge on any atom is -0.504 e. The Morgan fingerprint density at radius 3 is 2.83 bits per heavy atom. The molecular formula is C21H20N2O6. The van der Waals surface area contributed by atoms with Crippen LogP contribution in [0.3, 0.4) is 0 Å². The highest BCUT2D eigenvalue weighted by atomic mass is 16.6. The Labute approximate surface area is 167 Å². The Balaban J connectivity index is 1.60. The van der Waals surface area contributed by atoms with Crippen molar-refractivity contribution in [2.75, 3.05) is 13.7 Å². The Morgan fingerprint density at radius 1 is 1.21 bits per heavy atom. The Bertz CT molecular complexity index is 1010. The third-order valence-corrected chi connectivity index (χ3v) is 3.85. The molecule has 1 heterocycles. The van der Waals surface area contributed by atoms with Gasteiger partial charge in [-0.2, -0.15) is 4.98 Å². The number of phenols is 1. The molecule has 3 rings (SSSR count). The van der Waals surface area contributed by atoms with E-state index in [9.17, 15) is 9.90 Å². The first-order valence-electron chi connectivity index (χ1n) is 8.87. The van der Waals surface area contributed by atoms with Gasteiger partial charge in [0.25, 0.3) is 5.89 Å². The second-order valence-corrected chi connectivity index (χ2v) is 5.81. The van der Waals surface area contributed by atoms with Crippen molar-refractivity contribution in [2.45, 2.75) is 13.5 Å². The molecule has 150 valence electrons. The fourth-order valence-electron chi connectivity index (χ4n) is 2.50. The number of esters is 1. The van der Waals surface area contributed by atoms with Gasteiger partial charge < -0.3 is 23.8 Å². The zero-order chi connectivity index (χ0) is 20.6. The van der Waals surface area contributed by atoms with Crippen LogP contribution in [0.5, 0.6) is 17.2 Å². The third-order valence-electron chi connectivity index (χ3n) is 3.85. The quantitative estimate of drug-likeness (QED) is 0.455. The van der Waals surface area contributed by atoms with Crippen molar-refractivity contribution in [3.63, 3.8) is 0 Å². The van der Waals surface area contributed by atoms with E-state index < -0.39 is 5.97 Å². The maximum Gasteiger partial charge on any atom is 0.331 e. The lowest BCUT2D eigenvalue weighted by molar-refractivity contribution is -0.139. The van der Waals surface area contributed by atoms with Gasteiger partial charge in [0.15, 0.2) is 18.1 Å². The lowest BCUT2D eigenvalue weighted by atomic mass is 10.2. The van der Waals surface area contributed by atoms with Crippen LogP contribution in [0, 0.1) is 0 Å². The average Bonchev–Trinajstić information content (AvgIpc) is 3.21. The second-order valence-electron chi connectivity index (χ2n) is 5.81. The Kier molecular flexibility index (Phi) is 6.47. The van der Waals surface area contributed by atoms with Crippen molar-refractivity contribution in [1.29, 1.82) is 0 Å². The van der Waals surface area contributed by atoms with Crippen molar-refractivity contribution in [3.8, 4) is 28.6 Å². The minimum atomic E-state index is -0.577. The maximum atomic E-state index is 11.9. The topological polar surface area (TPSA) is 104 Å². The molecule has 0 aliphatic carbocycles. The molecule has 0 radical (unpaired) electrons. The van der Waals surface area contributed by atoms with Crippen molar-refractivity contribution >= 4 is 12.0 Å². The highest BCUT2D eigenvalue weighted by Crippen LogP contribution is 2.28.